The van der Waals surface area contributed by atoms with Crippen LogP contribution in [0.3, 0.4) is 0 Å². The number of fused-ring (bicyclic) bond motifs is 10. The van der Waals surface area contributed by atoms with E-state index in [9.17, 15) is 13.7 Å². The third kappa shape index (κ3) is 5.43. The minimum absolute atomic E-state index is 0.000607. The lowest BCUT2D eigenvalue weighted by atomic mass is 10.1. The van der Waals surface area contributed by atoms with Crippen LogP contribution in [-0.2, 0) is 0 Å². The van der Waals surface area contributed by atoms with Gasteiger partial charge in [0.15, 0.2) is 8.07 Å². The Kier molecular flexibility index (Phi) is 5.29. The Morgan fingerprint density at radius 2 is 0.875 bits per heavy atom. The van der Waals surface area contributed by atoms with Gasteiger partial charge in [0.25, 0.3) is 0 Å². The van der Waals surface area contributed by atoms with Crippen LogP contribution >= 0.6 is 11.3 Å². The van der Waals surface area contributed by atoms with Gasteiger partial charge in [0.05, 0.1) is 57.1 Å². The second-order valence-corrected chi connectivity index (χ2v) is 20.0. The highest BCUT2D eigenvalue weighted by molar-refractivity contribution is 7.26. The lowest BCUT2D eigenvalue weighted by Crippen LogP contribution is -2.74. The van der Waals surface area contributed by atoms with Crippen LogP contribution < -0.4 is 20.7 Å². The maximum Gasteiger partial charge on any atom is 0.179 e. The number of nitrogens with zero attached hydrogens (tertiary/aromatic N) is 2. The van der Waals surface area contributed by atoms with Gasteiger partial charge in [-0.05, 0) is 74.3 Å². The molecule has 10 aromatic carbocycles. The fourth-order valence-electron chi connectivity index (χ4n) is 9.44. The molecule has 300 valence electrons. The Bertz CT molecular complexity index is 4830. The average molecular weight is 867 g/mol. The van der Waals surface area contributed by atoms with Crippen LogP contribution in [0.4, 0.5) is 0 Å². The second kappa shape index (κ2) is 14.7. The number of rotatable bonds is 7. The fraction of sp³-hybridized carbons (Fsp3) is 0. The summed E-state index contributed by atoms with van der Waals surface area (Å²) in [5, 5.41) is 3.40. The molecule has 0 spiro atoms. The molecule has 13 aromatic rings. The molecule has 0 saturated heterocycles. The van der Waals surface area contributed by atoms with E-state index in [1.54, 1.807) is 22.0 Å². The van der Waals surface area contributed by atoms with Crippen molar-refractivity contribution in [2.45, 2.75) is 0 Å². The summed E-state index contributed by atoms with van der Waals surface area (Å²) in [6.45, 7) is 0. The minimum atomic E-state index is -5.46. The Balaban J connectivity index is 1.20. The highest BCUT2D eigenvalue weighted by Gasteiger charge is 2.41. The first-order valence-electron chi connectivity index (χ1n) is 29.5. The van der Waals surface area contributed by atoms with E-state index >= 15 is 0 Å². The van der Waals surface area contributed by atoms with E-state index in [1.807, 2.05) is 72.8 Å². The normalized spacial score (nSPS) is 16.8. The van der Waals surface area contributed by atoms with Crippen LogP contribution in [0.2, 0.25) is 0 Å². The largest absolute Gasteiger partial charge is 0.309 e. The molecule has 3 heterocycles. The van der Waals surface area contributed by atoms with Crippen LogP contribution in [-0.4, -0.2) is 17.2 Å². The summed E-state index contributed by atoms with van der Waals surface area (Å²) in [5.41, 5.74) is 2.33. The predicted molar refractivity (Wildman–Crippen MR) is 277 cm³/mol. The lowest BCUT2D eigenvalue weighted by Gasteiger charge is -2.34. The van der Waals surface area contributed by atoms with E-state index in [2.05, 4.69) is 34.9 Å². The number of para-hydroxylation sites is 3. The minimum Gasteiger partial charge on any atom is -0.309 e. The van der Waals surface area contributed by atoms with Crippen molar-refractivity contribution < 1.29 is 24.7 Å². The molecule has 0 radical (unpaired) electrons. The van der Waals surface area contributed by atoms with Crippen molar-refractivity contribution in [3.8, 4) is 22.5 Å². The Morgan fingerprint density at radius 3 is 1.52 bits per heavy atom. The molecule has 4 heteroatoms. The molecule has 0 amide bonds. The summed E-state index contributed by atoms with van der Waals surface area (Å²) in [6, 6.07) is 26.5. The number of benzene rings is 10. The molecule has 64 heavy (non-hydrogen) atoms. The summed E-state index contributed by atoms with van der Waals surface area (Å²) >= 11 is 1.57. The smallest absolute Gasteiger partial charge is 0.179 e. The van der Waals surface area contributed by atoms with E-state index in [0.717, 1.165) is 53.1 Å². The zero-order valence-electron chi connectivity index (χ0n) is 51.5. The van der Waals surface area contributed by atoms with Crippen LogP contribution in [0, 0.1) is 0 Å². The molecule has 0 aliphatic heterocycles. The average Bonchev–Trinajstić information content (AvgIpc) is 4.13. The van der Waals surface area contributed by atoms with Crippen LogP contribution in [0.15, 0.2) is 242 Å². The second-order valence-electron chi connectivity index (χ2n) is 15.4. The van der Waals surface area contributed by atoms with Crippen molar-refractivity contribution in [3.05, 3.63) is 242 Å². The van der Waals surface area contributed by atoms with Crippen molar-refractivity contribution in [2.24, 2.45) is 0 Å². The summed E-state index contributed by atoms with van der Waals surface area (Å²) in [4.78, 5) is 0. The Morgan fingerprint density at radius 1 is 0.391 bits per heavy atom. The number of hydrogen-bond acceptors (Lipinski definition) is 1. The summed E-state index contributed by atoms with van der Waals surface area (Å²) < 4.78 is 175. The van der Waals surface area contributed by atoms with E-state index < -0.39 is 144 Å². The van der Waals surface area contributed by atoms with Gasteiger partial charge in [-0.3, -0.25) is 0 Å². The van der Waals surface area contributed by atoms with E-state index in [4.69, 9.17) is 11.0 Å². The highest BCUT2D eigenvalue weighted by Crippen LogP contribution is 2.47. The molecule has 0 aliphatic carbocycles. The van der Waals surface area contributed by atoms with Crippen molar-refractivity contribution in [2.75, 3.05) is 0 Å². The molecule has 0 bridgehead atoms. The third-order valence-electron chi connectivity index (χ3n) is 12.1. The fourth-order valence-corrected chi connectivity index (χ4v) is 14.5. The standard InChI is InChI=1S/C60H40N2SSi/c1-4-18-41(19-5-1)42-32-36-46(37-33-42)64(44-20-6-2-7-21-44,45-22-8-3-9-23-45)47-38-34-43(35-39-47)61-53-28-14-12-26-50(53)52-40-56(60-58(59(52)61)51-27-13-17-31-57(51)63-60)62-54-29-15-10-24-48(54)49-25-11-16-30-55(49)62/h1-40H/i1D,2D,4D,5D,6D,7D,18D,19D,20D,21D,32D,33D,34D,35D,36D,37D,38D,39D. The maximum atomic E-state index is 10.4. The lowest BCUT2D eigenvalue weighted by molar-refractivity contribution is 1.18. The molecular weight excluding hydrogens is 809 g/mol. The first-order valence-corrected chi connectivity index (χ1v) is 23.4. The van der Waals surface area contributed by atoms with E-state index in [-0.39, 0.29) is 10.9 Å². The highest BCUT2D eigenvalue weighted by atomic mass is 32.1. The number of thiophene rings is 1. The van der Waals surface area contributed by atoms with Gasteiger partial charge in [-0.15, -0.1) is 11.3 Å². The molecule has 0 N–H and O–H groups in total. The first-order chi connectivity index (χ1) is 39.3. The zero-order valence-corrected chi connectivity index (χ0v) is 35.3. The van der Waals surface area contributed by atoms with Gasteiger partial charge < -0.3 is 9.13 Å². The molecule has 13 rings (SSSR count). The van der Waals surface area contributed by atoms with Gasteiger partial charge in [-0.2, -0.15) is 0 Å². The van der Waals surface area contributed by atoms with Crippen molar-refractivity contribution >= 4 is 104 Å². The van der Waals surface area contributed by atoms with Crippen LogP contribution in [0.25, 0.3) is 86.3 Å². The number of aromatic nitrogens is 2. The quantitative estimate of drug-likeness (QED) is 0.112. The van der Waals surface area contributed by atoms with E-state index in [1.165, 1.54) is 24.3 Å². The Labute approximate surface area is 401 Å². The van der Waals surface area contributed by atoms with Crippen molar-refractivity contribution in [3.63, 3.8) is 0 Å². The molecule has 1 unspecified atom stereocenters. The number of hydrogen-bond donors (Lipinski definition) is 0. The molecular formula is C60H40N2SSi. The SMILES string of the molecule is [2H]c1c([2H])c([2H])c(-c2c([2H])c([2H])c([Si](c3ccccc3)(c3c([2H])c([2H])c([2H])c([2H])c3[2H])c3c([2H])c([2H])c(-n4c5ccccc5c5cc(-n6c7ccccc7c7ccccc76)c6sc7ccccc7c6c54)c([2H])c3[2H])c([2H])c2[2H])c([2H])c1[2H]. The molecule has 0 saturated carbocycles. The predicted octanol–water partition coefficient (Wildman–Crippen LogP) is 13.3. The van der Waals surface area contributed by atoms with Gasteiger partial charge in [0, 0.05) is 42.7 Å². The van der Waals surface area contributed by atoms with Crippen LogP contribution in [0.1, 0.15) is 24.7 Å². The van der Waals surface area contributed by atoms with Crippen molar-refractivity contribution in [1.29, 1.82) is 0 Å². The zero-order chi connectivity index (χ0) is 57.9. The van der Waals surface area contributed by atoms with Gasteiger partial charge >= 0.3 is 0 Å². The van der Waals surface area contributed by atoms with E-state index in [0.29, 0.717) is 16.4 Å². The maximum absolute atomic E-state index is 10.4. The molecule has 1 atom stereocenters. The van der Waals surface area contributed by atoms with Gasteiger partial charge in [-0.25, -0.2) is 0 Å². The summed E-state index contributed by atoms with van der Waals surface area (Å²) in [6.07, 6.45) is 0. The van der Waals surface area contributed by atoms with Gasteiger partial charge in [0.1, 0.15) is 0 Å². The topological polar surface area (TPSA) is 9.86 Å². The third-order valence-corrected chi connectivity index (χ3v) is 17.5. The van der Waals surface area contributed by atoms with Crippen LogP contribution in [0.5, 0.6) is 0 Å². The first kappa shape index (κ1) is 23.1. The molecule has 0 aliphatic rings. The molecule has 0 fully saturated rings. The van der Waals surface area contributed by atoms with Gasteiger partial charge in [-0.1, -0.05) is 200 Å². The monoisotopic (exact) mass is 866 g/mol. The van der Waals surface area contributed by atoms with Gasteiger partial charge in [0.2, 0.25) is 0 Å². The van der Waals surface area contributed by atoms with Crippen molar-refractivity contribution in [1.82, 2.24) is 9.13 Å². The molecule has 3 aromatic heterocycles. The summed E-state index contributed by atoms with van der Waals surface area (Å²) in [7, 11) is -5.46. The molecule has 2 nitrogen and oxygen atoms in total. The Hall–Kier alpha value is -7.76. The summed E-state index contributed by atoms with van der Waals surface area (Å²) in [5.74, 6) is 0.